The van der Waals surface area contributed by atoms with Crippen molar-refractivity contribution in [1.82, 2.24) is 10.2 Å². The number of hydrogen-bond donors (Lipinski definition) is 2. The Morgan fingerprint density at radius 2 is 2.00 bits per heavy atom. The molecule has 17 heavy (non-hydrogen) atoms. The Morgan fingerprint density at radius 1 is 1.35 bits per heavy atom. The van der Waals surface area contributed by atoms with Gasteiger partial charge in [-0.3, -0.25) is 4.99 Å². The molecule has 4 nitrogen and oxygen atoms in total. The van der Waals surface area contributed by atoms with E-state index >= 15 is 0 Å². The van der Waals surface area contributed by atoms with Gasteiger partial charge in [0.15, 0.2) is 5.96 Å². The Labute approximate surface area is 122 Å². The molecule has 0 aromatic rings. The molecule has 1 heterocycles. The highest BCUT2D eigenvalue weighted by molar-refractivity contribution is 14.0. The molecule has 0 saturated carbocycles. The summed E-state index contributed by atoms with van der Waals surface area (Å²) in [6.07, 6.45) is 3.88. The molecule has 0 bridgehead atoms. The Balaban J connectivity index is 0.00000256. The van der Waals surface area contributed by atoms with Crippen LogP contribution in [-0.2, 0) is 0 Å². The molecular formula is C12H27IN4. The summed E-state index contributed by atoms with van der Waals surface area (Å²) in [4.78, 5) is 6.78. The number of guanidine groups is 1. The number of likely N-dealkylation sites (tertiary alicyclic amines) is 1. The molecule has 1 fully saturated rings. The van der Waals surface area contributed by atoms with Crippen molar-refractivity contribution in [1.29, 1.82) is 0 Å². The fraction of sp³-hybridized carbons (Fsp3) is 0.917. The van der Waals surface area contributed by atoms with Crippen LogP contribution in [0.2, 0.25) is 0 Å². The van der Waals surface area contributed by atoms with Gasteiger partial charge in [-0.1, -0.05) is 13.8 Å². The van der Waals surface area contributed by atoms with E-state index in [9.17, 15) is 0 Å². The molecule has 1 aliphatic heterocycles. The Hall–Kier alpha value is -0.0400. The van der Waals surface area contributed by atoms with Gasteiger partial charge in [-0.15, -0.1) is 24.0 Å². The van der Waals surface area contributed by atoms with Crippen molar-refractivity contribution in [3.05, 3.63) is 0 Å². The standard InChI is InChI=1S/C12H26N4.HI/c1-11(2)10-15-12(13)14-6-5-9-16-7-3-4-8-16;/h11H,3-10H2,1-2H3,(H3,13,14,15);1H. The van der Waals surface area contributed by atoms with Gasteiger partial charge in [0, 0.05) is 13.1 Å². The zero-order valence-corrected chi connectivity index (χ0v) is 13.4. The third-order valence-corrected chi connectivity index (χ3v) is 2.78. The first-order valence-corrected chi connectivity index (χ1v) is 6.44. The fourth-order valence-corrected chi connectivity index (χ4v) is 1.86. The van der Waals surface area contributed by atoms with E-state index in [2.05, 4.69) is 29.1 Å². The molecule has 0 radical (unpaired) electrons. The zero-order valence-electron chi connectivity index (χ0n) is 11.1. The van der Waals surface area contributed by atoms with Crippen LogP contribution < -0.4 is 11.1 Å². The topological polar surface area (TPSA) is 53.6 Å². The van der Waals surface area contributed by atoms with Gasteiger partial charge in [0.1, 0.15) is 0 Å². The molecule has 0 aromatic heterocycles. The molecule has 3 N–H and O–H groups in total. The van der Waals surface area contributed by atoms with E-state index in [-0.39, 0.29) is 24.0 Å². The minimum Gasteiger partial charge on any atom is -0.370 e. The van der Waals surface area contributed by atoms with E-state index < -0.39 is 0 Å². The van der Waals surface area contributed by atoms with Crippen LogP contribution in [0.1, 0.15) is 33.1 Å². The van der Waals surface area contributed by atoms with Crippen molar-refractivity contribution in [3.8, 4) is 0 Å². The third-order valence-electron chi connectivity index (χ3n) is 2.78. The quantitative estimate of drug-likeness (QED) is 0.330. The second kappa shape index (κ2) is 9.94. The largest absolute Gasteiger partial charge is 0.370 e. The van der Waals surface area contributed by atoms with Crippen LogP contribution in [0.25, 0.3) is 0 Å². The van der Waals surface area contributed by atoms with Crippen LogP contribution in [0.5, 0.6) is 0 Å². The monoisotopic (exact) mass is 354 g/mol. The molecule has 0 atom stereocenters. The summed E-state index contributed by atoms with van der Waals surface area (Å²) in [5, 5.41) is 3.16. The summed E-state index contributed by atoms with van der Waals surface area (Å²) >= 11 is 0. The predicted octanol–water partition coefficient (Wildman–Crippen LogP) is 1.65. The number of nitrogens with zero attached hydrogens (tertiary/aromatic N) is 2. The van der Waals surface area contributed by atoms with Crippen molar-refractivity contribution in [2.45, 2.75) is 33.1 Å². The molecule has 5 heteroatoms. The predicted molar refractivity (Wildman–Crippen MR) is 85.0 cm³/mol. The minimum atomic E-state index is 0. The first-order chi connectivity index (χ1) is 7.68. The summed E-state index contributed by atoms with van der Waals surface area (Å²) in [6, 6.07) is 0. The lowest BCUT2D eigenvalue weighted by Gasteiger charge is -2.14. The summed E-state index contributed by atoms with van der Waals surface area (Å²) in [5.41, 5.74) is 5.74. The molecule has 0 spiro atoms. The molecule has 102 valence electrons. The lowest BCUT2D eigenvalue weighted by atomic mass is 10.2. The Bertz CT molecular complexity index is 213. The van der Waals surface area contributed by atoms with E-state index in [1.807, 2.05) is 0 Å². The second-order valence-electron chi connectivity index (χ2n) is 4.95. The molecule has 0 unspecified atom stereocenters. The van der Waals surface area contributed by atoms with E-state index in [4.69, 9.17) is 5.73 Å². The van der Waals surface area contributed by atoms with Gasteiger partial charge in [-0.25, -0.2) is 0 Å². The van der Waals surface area contributed by atoms with Crippen LogP contribution in [-0.4, -0.2) is 43.6 Å². The summed E-state index contributed by atoms with van der Waals surface area (Å²) in [7, 11) is 0. The average Bonchev–Trinajstić information content (AvgIpc) is 2.74. The van der Waals surface area contributed by atoms with Crippen molar-refractivity contribution in [3.63, 3.8) is 0 Å². The number of aliphatic imine (C=N–C) groups is 1. The summed E-state index contributed by atoms with van der Waals surface area (Å²) in [6.45, 7) is 9.77. The maximum Gasteiger partial charge on any atom is 0.188 e. The van der Waals surface area contributed by atoms with Gasteiger partial charge < -0.3 is 16.0 Å². The molecule has 0 aromatic carbocycles. The minimum absolute atomic E-state index is 0. The van der Waals surface area contributed by atoms with Gasteiger partial charge >= 0.3 is 0 Å². The number of nitrogens with one attached hydrogen (secondary N) is 1. The zero-order chi connectivity index (χ0) is 11.8. The number of rotatable bonds is 6. The molecular weight excluding hydrogens is 327 g/mol. The SMILES string of the molecule is CC(C)CN=C(N)NCCCN1CCCC1.I. The van der Waals surface area contributed by atoms with Crippen molar-refractivity contribution in [2.75, 3.05) is 32.7 Å². The lowest BCUT2D eigenvalue weighted by Crippen LogP contribution is -2.34. The smallest absolute Gasteiger partial charge is 0.188 e. The van der Waals surface area contributed by atoms with Gasteiger partial charge in [0.2, 0.25) is 0 Å². The Morgan fingerprint density at radius 3 is 2.59 bits per heavy atom. The van der Waals surface area contributed by atoms with Gasteiger partial charge in [-0.05, 0) is 44.8 Å². The normalized spacial score (nSPS) is 17.2. The number of halogens is 1. The maximum absolute atomic E-state index is 5.74. The average molecular weight is 354 g/mol. The molecule has 1 aliphatic rings. The molecule has 0 aliphatic carbocycles. The van der Waals surface area contributed by atoms with Crippen LogP contribution in [0.3, 0.4) is 0 Å². The lowest BCUT2D eigenvalue weighted by molar-refractivity contribution is 0.334. The first-order valence-electron chi connectivity index (χ1n) is 6.44. The van der Waals surface area contributed by atoms with Gasteiger partial charge in [-0.2, -0.15) is 0 Å². The Kier molecular flexibility index (Phi) is 9.91. The van der Waals surface area contributed by atoms with Crippen LogP contribution in [0, 0.1) is 5.92 Å². The van der Waals surface area contributed by atoms with E-state index in [1.165, 1.54) is 32.5 Å². The van der Waals surface area contributed by atoms with E-state index in [0.717, 1.165) is 19.5 Å². The van der Waals surface area contributed by atoms with E-state index in [1.54, 1.807) is 0 Å². The summed E-state index contributed by atoms with van der Waals surface area (Å²) in [5.74, 6) is 1.17. The maximum atomic E-state index is 5.74. The molecule has 1 rings (SSSR count). The van der Waals surface area contributed by atoms with Crippen LogP contribution in [0.4, 0.5) is 0 Å². The molecule has 1 saturated heterocycles. The van der Waals surface area contributed by atoms with Gasteiger partial charge in [0.25, 0.3) is 0 Å². The van der Waals surface area contributed by atoms with Crippen LogP contribution >= 0.6 is 24.0 Å². The van der Waals surface area contributed by atoms with E-state index in [0.29, 0.717) is 11.9 Å². The van der Waals surface area contributed by atoms with Crippen molar-refractivity contribution < 1.29 is 0 Å². The second-order valence-corrected chi connectivity index (χ2v) is 4.95. The fourth-order valence-electron chi connectivity index (χ4n) is 1.86. The highest BCUT2D eigenvalue weighted by atomic mass is 127. The third kappa shape index (κ3) is 8.65. The first kappa shape index (κ1) is 17.0. The number of nitrogens with two attached hydrogens (primary N) is 1. The van der Waals surface area contributed by atoms with Crippen molar-refractivity contribution >= 4 is 29.9 Å². The highest BCUT2D eigenvalue weighted by Gasteiger charge is 2.09. The van der Waals surface area contributed by atoms with Crippen molar-refractivity contribution in [2.24, 2.45) is 16.6 Å². The van der Waals surface area contributed by atoms with Crippen LogP contribution in [0.15, 0.2) is 4.99 Å². The number of hydrogen-bond acceptors (Lipinski definition) is 2. The summed E-state index contributed by atoms with van der Waals surface area (Å²) < 4.78 is 0. The highest BCUT2D eigenvalue weighted by Crippen LogP contribution is 2.06. The van der Waals surface area contributed by atoms with Gasteiger partial charge in [0.05, 0.1) is 0 Å². The molecule has 0 amide bonds.